The number of hydrogen-bond acceptors (Lipinski definition) is 3. The topological polar surface area (TPSA) is 62.2 Å². The van der Waals surface area contributed by atoms with Crippen molar-refractivity contribution in [2.45, 2.75) is 38.3 Å². The summed E-state index contributed by atoms with van der Waals surface area (Å²) in [6.45, 7) is 4.58. The fourth-order valence-corrected chi connectivity index (χ4v) is 6.25. The second-order valence-corrected chi connectivity index (χ2v) is 9.58. The van der Waals surface area contributed by atoms with Crippen molar-refractivity contribution in [3.05, 3.63) is 72.4 Å². The number of piperidine rings is 3. The Balaban J connectivity index is 1.46. The van der Waals surface area contributed by atoms with Crippen molar-refractivity contribution in [2.24, 2.45) is 11.8 Å². The molecule has 3 aliphatic rings. The number of benzene rings is 2. The van der Waals surface area contributed by atoms with E-state index in [0.29, 0.717) is 22.9 Å². The number of hydrogen-bond donors (Lipinski definition) is 2. The number of aromatic nitrogens is 1. The Bertz CT molecular complexity index is 1100. The number of fused-ring (bicyclic) bond motifs is 4. The molecule has 2 aromatic carbocycles. The Morgan fingerprint density at radius 2 is 1.94 bits per heavy atom. The summed E-state index contributed by atoms with van der Waals surface area (Å²) in [5, 5.41) is 15.8. The van der Waals surface area contributed by atoms with Crippen LogP contribution >= 0.6 is 0 Å². The minimum absolute atomic E-state index is 0.0175. The molecule has 0 spiro atoms. The number of nitrogens with zero attached hydrogens (tertiary/aromatic N) is 2. The quantitative estimate of drug-likeness (QED) is 0.565. The number of aliphatic hydroxyl groups is 1. The van der Waals surface area contributed by atoms with E-state index in [4.69, 9.17) is 0 Å². The van der Waals surface area contributed by atoms with E-state index in [9.17, 15) is 9.90 Å². The van der Waals surface area contributed by atoms with Gasteiger partial charge in [0.1, 0.15) is 12.1 Å². The van der Waals surface area contributed by atoms with Crippen molar-refractivity contribution in [1.82, 2.24) is 4.98 Å². The van der Waals surface area contributed by atoms with Crippen LogP contribution in [0.3, 0.4) is 0 Å². The molecule has 4 heterocycles. The molecule has 2 N–H and O–H groups in total. The van der Waals surface area contributed by atoms with Gasteiger partial charge in [0.25, 0.3) is 5.91 Å². The van der Waals surface area contributed by atoms with Gasteiger partial charge in [-0.1, -0.05) is 43.3 Å². The van der Waals surface area contributed by atoms with Gasteiger partial charge < -0.3 is 14.9 Å². The van der Waals surface area contributed by atoms with Gasteiger partial charge in [-0.05, 0) is 42.2 Å². The molecule has 2 bridgehead atoms. The second-order valence-electron chi connectivity index (χ2n) is 9.58. The van der Waals surface area contributed by atoms with E-state index in [0.717, 1.165) is 54.5 Å². The summed E-state index contributed by atoms with van der Waals surface area (Å²) >= 11 is 0. The average molecular weight is 431 g/mol. The maximum absolute atomic E-state index is 13.2. The Morgan fingerprint density at radius 1 is 1.16 bits per heavy atom. The van der Waals surface area contributed by atoms with Crippen LogP contribution in [0.15, 0.2) is 66.9 Å². The maximum Gasteiger partial charge on any atom is 0.279 e. The van der Waals surface area contributed by atoms with Crippen LogP contribution in [0.5, 0.6) is 0 Å². The molecule has 1 aromatic heterocycles. The zero-order valence-corrected chi connectivity index (χ0v) is 18.7. The van der Waals surface area contributed by atoms with E-state index < -0.39 is 6.10 Å². The van der Waals surface area contributed by atoms with Crippen molar-refractivity contribution >= 4 is 22.5 Å². The molecule has 3 unspecified atom stereocenters. The summed E-state index contributed by atoms with van der Waals surface area (Å²) in [6, 6.07) is 19.6. The summed E-state index contributed by atoms with van der Waals surface area (Å²) in [4.78, 5) is 17.6. The molecule has 0 saturated carbocycles. The first-order valence-electron chi connectivity index (χ1n) is 11.8. The normalized spacial score (nSPS) is 27.9. The molecule has 0 aliphatic carbocycles. The first kappa shape index (κ1) is 21.1. The van der Waals surface area contributed by atoms with Crippen LogP contribution in [-0.2, 0) is 4.79 Å². The van der Waals surface area contributed by atoms with Crippen molar-refractivity contribution in [3.8, 4) is 0 Å². The number of amides is 1. The third-order valence-corrected chi connectivity index (χ3v) is 7.86. The molecule has 5 heteroatoms. The van der Waals surface area contributed by atoms with Crippen LogP contribution in [0, 0.1) is 11.8 Å². The Kier molecular flexibility index (Phi) is 5.70. The average Bonchev–Trinajstić information content (AvgIpc) is 2.83. The smallest absolute Gasteiger partial charge is 0.279 e. The lowest BCUT2D eigenvalue weighted by Crippen LogP contribution is -2.70. The number of anilines is 1. The molecule has 6 rings (SSSR count). The molecule has 3 aliphatic heterocycles. The summed E-state index contributed by atoms with van der Waals surface area (Å²) in [7, 11) is 0. The second kappa shape index (κ2) is 8.64. The molecular formula is C27H32N3O2+. The van der Waals surface area contributed by atoms with Crippen LogP contribution in [0.25, 0.3) is 10.9 Å². The third kappa shape index (κ3) is 3.80. The number of carbonyl (C=O) groups is 1. The molecule has 3 saturated heterocycles. The Hall–Kier alpha value is -2.76. The predicted octanol–water partition coefficient (Wildman–Crippen LogP) is 4.54. The first-order chi connectivity index (χ1) is 15.6. The fourth-order valence-electron chi connectivity index (χ4n) is 6.25. The minimum atomic E-state index is -0.618. The van der Waals surface area contributed by atoms with Crippen LogP contribution in [-0.4, -0.2) is 46.2 Å². The zero-order chi connectivity index (χ0) is 22.1. The molecule has 3 aromatic rings. The Labute approximate surface area is 189 Å². The third-order valence-electron chi connectivity index (χ3n) is 7.86. The van der Waals surface area contributed by atoms with Gasteiger partial charge in [0.15, 0.2) is 6.54 Å². The van der Waals surface area contributed by atoms with Gasteiger partial charge in [0.05, 0.1) is 18.6 Å². The molecule has 32 heavy (non-hydrogen) atoms. The first-order valence-corrected chi connectivity index (χ1v) is 11.8. The number of aliphatic hydroxyl groups excluding tert-OH is 1. The van der Waals surface area contributed by atoms with E-state index in [-0.39, 0.29) is 11.9 Å². The van der Waals surface area contributed by atoms with E-state index in [1.165, 1.54) is 0 Å². The molecular weight excluding hydrogens is 398 g/mol. The highest BCUT2D eigenvalue weighted by molar-refractivity contribution is 5.91. The van der Waals surface area contributed by atoms with E-state index in [1.54, 1.807) is 6.20 Å². The lowest BCUT2D eigenvalue weighted by molar-refractivity contribution is -0.967. The van der Waals surface area contributed by atoms with E-state index in [2.05, 4.69) is 17.2 Å². The highest BCUT2D eigenvalue weighted by atomic mass is 16.3. The number of quaternary nitrogens is 1. The fraction of sp³-hybridized carbons (Fsp3) is 0.407. The maximum atomic E-state index is 13.2. The minimum Gasteiger partial charge on any atom is -0.382 e. The van der Waals surface area contributed by atoms with Gasteiger partial charge in [0.2, 0.25) is 0 Å². The van der Waals surface area contributed by atoms with Gasteiger partial charge in [0, 0.05) is 36.0 Å². The zero-order valence-electron chi connectivity index (χ0n) is 18.7. The van der Waals surface area contributed by atoms with Crippen LogP contribution < -0.4 is 5.32 Å². The van der Waals surface area contributed by atoms with Gasteiger partial charge in [-0.2, -0.15) is 0 Å². The molecule has 5 atom stereocenters. The standard InChI is InChI=1S/C27H31N3O2/c1-2-19-17-30(18-26(31)29-21-8-4-3-5-9-21)15-13-20(19)16-25(30)27(32)23-12-14-28-24-11-7-6-10-22(23)24/h3-12,14,19-20,25,27,32H,2,13,15-18H2,1H3/p+1/t19?,20-,25?,27+,30?/m0/s1. The van der Waals surface area contributed by atoms with Crippen molar-refractivity contribution < 1.29 is 14.4 Å². The molecule has 166 valence electrons. The monoisotopic (exact) mass is 430 g/mol. The lowest BCUT2D eigenvalue weighted by atomic mass is 9.70. The highest BCUT2D eigenvalue weighted by Crippen LogP contribution is 2.47. The van der Waals surface area contributed by atoms with Gasteiger partial charge in [-0.3, -0.25) is 9.78 Å². The summed E-state index contributed by atoms with van der Waals surface area (Å²) in [6.07, 6.45) is 4.41. The summed E-state index contributed by atoms with van der Waals surface area (Å²) in [5.74, 6) is 1.28. The van der Waals surface area contributed by atoms with Gasteiger partial charge in [-0.15, -0.1) is 0 Å². The number of carbonyl (C=O) groups excluding carboxylic acids is 1. The molecule has 1 amide bonds. The van der Waals surface area contributed by atoms with Crippen molar-refractivity contribution in [1.29, 1.82) is 0 Å². The summed E-state index contributed by atoms with van der Waals surface area (Å²) in [5.41, 5.74) is 2.66. The molecule has 3 fully saturated rings. The number of rotatable bonds is 6. The lowest BCUT2D eigenvalue weighted by Gasteiger charge is -2.58. The molecule has 0 radical (unpaired) electrons. The Morgan fingerprint density at radius 3 is 2.75 bits per heavy atom. The van der Waals surface area contributed by atoms with Gasteiger partial charge >= 0.3 is 0 Å². The van der Waals surface area contributed by atoms with E-state index >= 15 is 0 Å². The SMILES string of the molecule is CCC1C[N+]2(CC(=O)Nc3ccccc3)CC[C@H]1CC2[C@H](O)c1ccnc2ccccc12. The van der Waals surface area contributed by atoms with Crippen LogP contribution in [0.1, 0.15) is 37.9 Å². The van der Waals surface area contributed by atoms with Crippen molar-refractivity contribution in [2.75, 3.05) is 25.0 Å². The number of para-hydroxylation sites is 2. The van der Waals surface area contributed by atoms with Crippen molar-refractivity contribution in [3.63, 3.8) is 0 Å². The van der Waals surface area contributed by atoms with Crippen LogP contribution in [0.4, 0.5) is 5.69 Å². The van der Waals surface area contributed by atoms with Crippen LogP contribution in [0.2, 0.25) is 0 Å². The highest BCUT2D eigenvalue weighted by Gasteiger charge is 2.54. The summed E-state index contributed by atoms with van der Waals surface area (Å²) < 4.78 is 0.672. The van der Waals surface area contributed by atoms with Gasteiger partial charge in [-0.25, -0.2) is 0 Å². The number of pyridine rings is 1. The number of nitrogens with one attached hydrogen (secondary N) is 1. The van der Waals surface area contributed by atoms with E-state index in [1.807, 2.05) is 60.7 Å². The largest absolute Gasteiger partial charge is 0.382 e. The predicted molar refractivity (Wildman–Crippen MR) is 127 cm³/mol. The molecule has 5 nitrogen and oxygen atoms in total.